The van der Waals surface area contributed by atoms with Gasteiger partial charge in [0.1, 0.15) is 5.69 Å². The lowest BCUT2D eigenvalue weighted by molar-refractivity contribution is 0.0792. The van der Waals surface area contributed by atoms with Crippen LogP contribution in [-0.4, -0.2) is 39.6 Å². The van der Waals surface area contributed by atoms with Crippen LogP contribution in [0.15, 0.2) is 66.7 Å². The van der Waals surface area contributed by atoms with Crippen molar-refractivity contribution in [2.75, 3.05) is 18.4 Å². The molecular formula is C27H26N4O2. The molecule has 0 spiro atoms. The molecule has 6 heteroatoms. The molecule has 166 valence electrons. The number of nitrogens with zero attached hydrogens (tertiary/aromatic N) is 3. The Balaban J connectivity index is 1.40. The van der Waals surface area contributed by atoms with E-state index >= 15 is 0 Å². The third-order valence-electron chi connectivity index (χ3n) is 6.14. The maximum absolute atomic E-state index is 13.2. The highest BCUT2D eigenvalue weighted by Gasteiger charge is 2.20. The predicted molar refractivity (Wildman–Crippen MR) is 130 cm³/mol. The Kier molecular flexibility index (Phi) is 5.42. The lowest BCUT2D eigenvalue weighted by atomic mass is 10.1. The van der Waals surface area contributed by atoms with E-state index in [1.807, 2.05) is 30.9 Å². The highest BCUT2D eigenvalue weighted by atomic mass is 16.2. The molecule has 0 atom stereocenters. The summed E-state index contributed by atoms with van der Waals surface area (Å²) in [7, 11) is 0. The minimum absolute atomic E-state index is 0.0471. The number of aromatic nitrogens is 2. The summed E-state index contributed by atoms with van der Waals surface area (Å²) >= 11 is 0. The number of carbonyl (C=O) groups excluding carboxylic acids is 2. The summed E-state index contributed by atoms with van der Waals surface area (Å²) in [6.45, 7) is 5.53. The molecule has 0 bridgehead atoms. The second kappa shape index (κ2) is 8.54. The summed E-state index contributed by atoms with van der Waals surface area (Å²) in [5, 5.41) is 9.79. The summed E-state index contributed by atoms with van der Waals surface area (Å²) in [5.74, 6) is -0.201. The predicted octanol–water partition coefficient (Wildman–Crippen LogP) is 5.13. The molecule has 5 rings (SSSR count). The van der Waals surface area contributed by atoms with Crippen molar-refractivity contribution in [2.45, 2.75) is 26.7 Å². The minimum Gasteiger partial charge on any atom is -0.339 e. The second-order valence-electron chi connectivity index (χ2n) is 8.60. The smallest absolute Gasteiger partial charge is 0.274 e. The number of fused-ring (bicyclic) bond motifs is 1. The van der Waals surface area contributed by atoms with Crippen molar-refractivity contribution in [1.82, 2.24) is 14.7 Å². The first-order chi connectivity index (χ1) is 16.0. The molecule has 1 N–H and O–H groups in total. The molecule has 6 nitrogen and oxygen atoms in total. The topological polar surface area (TPSA) is 67.2 Å². The number of carbonyl (C=O) groups is 2. The van der Waals surface area contributed by atoms with E-state index in [1.54, 1.807) is 35.0 Å². The molecule has 0 radical (unpaired) electrons. The number of hydrogen-bond acceptors (Lipinski definition) is 3. The van der Waals surface area contributed by atoms with Crippen LogP contribution in [0, 0.1) is 13.8 Å². The quantitative estimate of drug-likeness (QED) is 0.480. The van der Waals surface area contributed by atoms with Crippen molar-refractivity contribution in [1.29, 1.82) is 0 Å². The zero-order valence-electron chi connectivity index (χ0n) is 18.8. The fraction of sp³-hybridized carbons (Fsp3) is 0.222. The Bertz CT molecular complexity index is 1350. The molecule has 1 aliphatic rings. The maximum atomic E-state index is 13.2. The Labute approximate surface area is 192 Å². The number of likely N-dealkylation sites (tertiary alicyclic amines) is 1. The Morgan fingerprint density at radius 1 is 0.879 bits per heavy atom. The van der Waals surface area contributed by atoms with Gasteiger partial charge in [-0.05, 0) is 85.5 Å². The van der Waals surface area contributed by atoms with Crippen molar-refractivity contribution in [3.8, 4) is 5.69 Å². The molecule has 2 heterocycles. The number of anilines is 1. The molecule has 1 fully saturated rings. The van der Waals surface area contributed by atoms with E-state index in [0.717, 1.165) is 53.6 Å². The SMILES string of the molecule is Cc1cc(C(=O)Nc2ccc(C(=O)N3CCCC3)cc2)n(-c2cc3ccccc3cc2C)n1. The van der Waals surface area contributed by atoms with Crippen molar-refractivity contribution >= 4 is 28.3 Å². The number of amides is 2. The summed E-state index contributed by atoms with van der Waals surface area (Å²) < 4.78 is 1.71. The van der Waals surface area contributed by atoms with Gasteiger partial charge in [0.25, 0.3) is 11.8 Å². The van der Waals surface area contributed by atoms with Crippen LogP contribution in [0.4, 0.5) is 5.69 Å². The average Bonchev–Trinajstić information content (AvgIpc) is 3.49. The average molecular weight is 439 g/mol. The molecule has 0 saturated carbocycles. The zero-order valence-corrected chi connectivity index (χ0v) is 18.8. The number of rotatable bonds is 4. The first-order valence-corrected chi connectivity index (χ1v) is 11.3. The first-order valence-electron chi connectivity index (χ1n) is 11.3. The lowest BCUT2D eigenvalue weighted by Crippen LogP contribution is -2.27. The molecule has 3 aromatic carbocycles. The van der Waals surface area contributed by atoms with Gasteiger partial charge in [0.05, 0.1) is 11.4 Å². The molecule has 0 unspecified atom stereocenters. The van der Waals surface area contributed by atoms with Crippen LogP contribution >= 0.6 is 0 Å². The largest absolute Gasteiger partial charge is 0.339 e. The van der Waals surface area contributed by atoms with Gasteiger partial charge in [-0.25, -0.2) is 4.68 Å². The number of nitrogens with one attached hydrogen (secondary N) is 1. The van der Waals surface area contributed by atoms with E-state index in [-0.39, 0.29) is 11.8 Å². The van der Waals surface area contributed by atoms with Gasteiger partial charge >= 0.3 is 0 Å². The highest BCUT2D eigenvalue weighted by molar-refractivity contribution is 6.04. The fourth-order valence-electron chi connectivity index (χ4n) is 4.41. The summed E-state index contributed by atoms with van der Waals surface area (Å²) in [6, 6.07) is 21.2. The summed E-state index contributed by atoms with van der Waals surface area (Å²) in [6.07, 6.45) is 2.12. The van der Waals surface area contributed by atoms with Crippen LogP contribution in [0.2, 0.25) is 0 Å². The Morgan fingerprint density at radius 2 is 1.55 bits per heavy atom. The van der Waals surface area contributed by atoms with Crippen molar-refractivity contribution in [3.63, 3.8) is 0 Å². The molecule has 33 heavy (non-hydrogen) atoms. The maximum Gasteiger partial charge on any atom is 0.274 e. The van der Waals surface area contributed by atoms with Crippen LogP contribution in [0.3, 0.4) is 0 Å². The zero-order chi connectivity index (χ0) is 22.9. The van der Waals surface area contributed by atoms with Crippen LogP contribution in [0.1, 0.15) is 44.9 Å². The number of aryl methyl sites for hydroxylation is 2. The number of benzene rings is 3. The minimum atomic E-state index is -0.248. The third kappa shape index (κ3) is 4.12. The number of hydrogen-bond donors (Lipinski definition) is 1. The first kappa shape index (κ1) is 20.9. The van der Waals surface area contributed by atoms with E-state index in [1.165, 1.54) is 0 Å². The molecule has 4 aromatic rings. The molecule has 0 aliphatic carbocycles. The fourth-order valence-corrected chi connectivity index (χ4v) is 4.41. The third-order valence-corrected chi connectivity index (χ3v) is 6.14. The monoisotopic (exact) mass is 438 g/mol. The normalized spacial score (nSPS) is 13.5. The van der Waals surface area contributed by atoms with Crippen LogP contribution in [0.25, 0.3) is 16.5 Å². The summed E-state index contributed by atoms with van der Waals surface area (Å²) in [5.41, 5.74) is 4.41. The van der Waals surface area contributed by atoms with Gasteiger partial charge in [0.2, 0.25) is 0 Å². The van der Waals surface area contributed by atoms with E-state index in [2.05, 4.69) is 34.7 Å². The van der Waals surface area contributed by atoms with Crippen molar-refractivity contribution in [3.05, 3.63) is 89.2 Å². The van der Waals surface area contributed by atoms with Crippen LogP contribution < -0.4 is 5.32 Å². The molecule has 1 aliphatic heterocycles. The van der Waals surface area contributed by atoms with E-state index in [9.17, 15) is 9.59 Å². The van der Waals surface area contributed by atoms with Gasteiger partial charge in [-0.3, -0.25) is 9.59 Å². The van der Waals surface area contributed by atoms with Gasteiger partial charge < -0.3 is 10.2 Å². The second-order valence-corrected chi connectivity index (χ2v) is 8.60. The van der Waals surface area contributed by atoms with E-state index < -0.39 is 0 Å². The lowest BCUT2D eigenvalue weighted by Gasteiger charge is -2.15. The van der Waals surface area contributed by atoms with Gasteiger partial charge in [0.15, 0.2) is 0 Å². The van der Waals surface area contributed by atoms with Gasteiger partial charge in [-0.15, -0.1) is 0 Å². The Morgan fingerprint density at radius 3 is 2.24 bits per heavy atom. The van der Waals surface area contributed by atoms with Crippen LogP contribution in [-0.2, 0) is 0 Å². The Hall–Kier alpha value is -3.93. The molecular weight excluding hydrogens is 412 g/mol. The highest BCUT2D eigenvalue weighted by Crippen LogP contribution is 2.24. The summed E-state index contributed by atoms with van der Waals surface area (Å²) in [4.78, 5) is 27.6. The molecule has 1 saturated heterocycles. The van der Waals surface area contributed by atoms with E-state index in [4.69, 9.17) is 0 Å². The van der Waals surface area contributed by atoms with E-state index in [0.29, 0.717) is 16.9 Å². The standard InChI is InChI=1S/C27H26N4O2/c1-18-15-21-7-3-4-8-22(21)17-24(18)31-25(16-19(2)29-31)26(32)28-23-11-9-20(10-12-23)27(33)30-13-5-6-14-30/h3-4,7-12,15-17H,5-6,13-14H2,1-2H3,(H,28,32). The molecule has 2 amide bonds. The van der Waals surface area contributed by atoms with Crippen molar-refractivity contribution < 1.29 is 9.59 Å². The van der Waals surface area contributed by atoms with Gasteiger partial charge in [0, 0.05) is 24.3 Å². The van der Waals surface area contributed by atoms with Gasteiger partial charge in [-0.2, -0.15) is 5.10 Å². The van der Waals surface area contributed by atoms with Gasteiger partial charge in [-0.1, -0.05) is 24.3 Å². The van der Waals surface area contributed by atoms with Crippen LogP contribution in [0.5, 0.6) is 0 Å². The molecule has 1 aromatic heterocycles. The van der Waals surface area contributed by atoms with Crippen molar-refractivity contribution in [2.24, 2.45) is 0 Å².